The number of piperidine rings is 1. The fraction of sp³-hybridized carbons (Fsp3) is 0.312. The van der Waals surface area contributed by atoms with Crippen LogP contribution in [0.3, 0.4) is 0 Å². The number of aliphatic carboxylic acids is 1. The Bertz CT molecular complexity index is 1530. The smallest absolute Gasteiger partial charge is 0.313 e. The first-order chi connectivity index (χ1) is 20.3. The number of hydrogen-bond donors (Lipinski definition) is 2. The molecule has 0 amide bonds. The summed E-state index contributed by atoms with van der Waals surface area (Å²) in [4.78, 5) is 27.6. The summed E-state index contributed by atoms with van der Waals surface area (Å²) in [5, 5.41) is 12.8. The molecule has 1 fully saturated rings. The topological polar surface area (TPSA) is 119 Å². The van der Waals surface area contributed by atoms with Crippen molar-refractivity contribution in [1.29, 1.82) is 0 Å². The number of hydrogen-bond acceptors (Lipinski definition) is 9. The number of aromatic nitrogens is 3. The Hall–Kier alpha value is -4.86. The summed E-state index contributed by atoms with van der Waals surface area (Å²) in [6, 6.07) is 20.1. The van der Waals surface area contributed by atoms with Crippen LogP contribution >= 0.6 is 0 Å². The lowest BCUT2D eigenvalue weighted by atomic mass is 9.85. The molecule has 2 aromatic heterocycles. The zero-order valence-electron chi connectivity index (χ0n) is 24.0. The summed E-state index contributed by atoms with van der Waals surface area (Å²) in [6.45, 7) is 7.38. The molecule has 3 heterocycles. The second-order valence-corrected chi connectivity index (χ2v) is 10.5. The molecule has 2 N–H and O–H groups in total. The molecule has 0 bridgehead atoms. The van der Waals surface area contributed by atoms with Crippen LogP contribution in [0.15, 0.2) is 79.1 Å². The molecular formula is C32H35N5O5. The molecule has 1 saturated heterocycles. The van der Waals surface area contributed by atoms with Crippen LogP contribution in [-0.2, 0) is 10.2 Å². The molecule has 5 rings (SSSR count). The fourth-order valence-corrected chi connectivity index (χ4v) is 4.68. The zero-order valence-corrected chi connectivity index (χ0v) is 24.0. The highest BCUT2D eigenvalue weighted by molar-refractivity contribution is 5.80. The largest absolute Gasteiger partial charge is 0.490 e. The SMILES string of the molecule is CCOc1ccccc1OC1CCCN(c2cncc(Nc3cccc(Oc4cccc(C(C)(C)C(=O)O)c4)n3)n2)C1. The number of rotatable bonds is 11. The Kier molecular flexibility index (Phi) is 8.71. The molecule has 0 saturated carbocycles. The maximum absolute atomic E-state index is 11.7. The van der Waals surface area contributed by atoms with E-state index in [1.807, 2.05) is 43.3 Å². The third-order valence-corrected chi connectivity index (χ3v) is 7.06. The van der Waals surface area contributed by atoms with Crippen LogP contribution < -0.4 is 24.4 Å². The van der Waals surface area contributed by atoms with Crippen molar-refractivity contribution >= 4 is 23.4 Å². The lowest BCUT2D eigenvalue weighted by Gasteiger charge is -2.33. The van der Waals surface area contributed by atoms with Crippen LogP contribution in [0.1, 0.15) is 39.2 Å². The third-order valence-electron chi connectivity index (χ3n) is 7.06. The van der Waals surface area contributed by atoms with Crippen LogP contribution in [0.4, 0.5) is 17.5 Å². The van der Waals surface area contributed by atoms with Gasteiger partial charge in [-0.1, -0.05) is 30.3 Å². The first-order valence-corrected chi connectivity index (χ1v) is 14.0. The number of nitrogens with one attached hydrogen (secondary N) is 1. The van der Waals surface area contributed by atoms with E-state index in [9.17, 15) is 9.90 Å². The third kappa shape index (κ3) is 6.88. The molecule has 0 spiro atoms. The number of carbonyl (C=O) groups is 1. The molecule has 0 aliphatic carbocycles. The Labute approximate surface area is 245 Å². The van der Waals surface area contributed by atoms with Crippen molar-refractivity contribution in [2.24, 2.45) is 0 Å². The first-order valence-electron chi connectivity index (χ1n) is 14.0. The van der Waals surface area contributed by atoms with Gasteiger partial charge in [0.15, 0.2) is 17.3 Å². The Morgan fingerprint density at radius 2 is 1.83 bits per heavy atom. The molecule has 2 aromatic carbocycles. The van der Waals surface area contributed by atoms with Crippen LogP contribution in [0.2, 0.25) is 0 Å². The van der Waals surface area contributed by atoms with E-state index < -0.39 is 11.4 Å². The number of para-hydroxylation sites is 2. The minimum Gasteiger partial charge on any atom is -0.490 e. The first kappa shape index (κ1) is 28.7. The van der Waals surface area contributed by atoms with Gasteiger partial charge in [0.1, 0.15) is 23.5 Å². The monoisotopic (exact) mass is 569 g/mol. The Morgan fingerprint density at radius 3 is 2.64 bits per heavy atom. The van der Waals surface area contributed by atoms with E-state index in [1.54, 1.807) is 56.6 Å². The number of pyridine rings is 1. The highest BCUT2D eigenvalue weighted by atomic mass is 16.5. The molecule has 1 aliphatic rings. The van der Waals surface area contributed by atoms with Gasteiger partial charge in [0, 0.05) is 12.6 Å². The van der Waals surface area contributed by atoms with Crippen LogP contribution in [0.5, 0.6) is 23.1 Å². The zero-order chi connectivity index (χ0) is 29.5. The molecule has 218 valence electrons. The highest BCUT2D eigenvalue weighted by Gasteiger charge is 2.29. The molecule has 10 nitrogen and oxygen atoms in total. The number of anilines is 3. The van der Waals surface area contributed by atoms with Crippen molar-refractivity contribution in [1.82, 2.24) is 15.0 Å². The van der Waals surface area contributed by atoms with Gasteiger partial charge in [0.05, 0.1) is 31.0 Å². The molecule has 0 radical (unpaired) electrons. The van der Waals surface area contributed by atoms with Gasteiger partial charge in [-0.05, 0) is 69.5 Å². The van der Waals surface area contributed by atoms with Gasteiger partial charge in [-0.2, -0.15) is 4.98 Å². The average molecular weight is 570 g/mol. The van der Waals surface area contributed by atoms with Gasteiger partial charge in [0.2, 0.25) is 5.88 Å². The van der Waals surface area contributed by atoms with E-state index in [0.29, 0.717) is 42.0 Å². The van der Waals surface area contributed by atoms with Gasteiger partial charge < -0.3 is 29.5 Å². The standard InChI is InChI=1S/C32H35N5O5/c1-4-40-25-13-5-6-14-26(25)41-24-12-9-17-37(21-24)29-20-33-19-28(35-29)34-27-15-8-16-30(36-27)42-23-11-7-10-22(18-23)32(2,3)31(38)39/h5-8,10-11,13-16,18-20,24H,4,9,12,17,21H2,1-3H3,(H,38,39)(H,34,35,36). The van der Waals surface area contributed by atoms with Gasteiger partial charge in [0.25, 0.3) is 0 Å². The predicted octanol–water partition coefficient (Wildman–Crippen LogP) is 6.22. The number of benzene rings is 2. The van der Waals surface area contributed by atoms with Crippen LogP contribution in [0, 0.1) is 0 Å². The second kappa shape index (κ2) is 12.8. The normalized spacial score (nSPS) is 15.1. The van der Waals surface area contributed by atoms with E-state index in [0.717, 1.165) is 36.7 Å². The van der Waals surface area contributed by atoms with Gasteiger partial charge in [-0.3, -0.25) is 9.78 Å². The molecule has 10 heteroatoms. The highest BCUT2D eigenvalue weighted by Crippen LogP contribution is 2.31. The number of carboxylic acid groups (broad SMARTS) is 1. The molecule has 1 unspecified atom stereocenters. The summed E-state index contributed by atoms with van der Waals surface area (Å²) < 4.78 is 18.0. The van der Waals surface area contributed by atoms with Crippen molar-refractivity contribution in [3.8, 4) is 23.1 Å². The summed E-state index contributed by atoms with van der Waals surface area (Å²) in [5.41, 5.74) is -0.410. The van der Waals surface area contributed by atoms with Gasteiger partial charge in [-0.15, -0.1) is 0 Å². The maximum Gasteiger partial charge on any atom is 0.313 e. The van der Waals surface area contributed by atoms with Crippen molar-refractivity contribution in [2.45, 2.75) is 45.1 Å². The fourth-order valence-electron chi connectivity index (χ4n) is 4.68. The number of carboxylic acids is 1. The van der Waals surface area contributed by atoms with E-state index in [-0.39, 0.29) is 6.10 Å². The second-order valence-electron chi connectivity index (χ2n) is 10.5. The summed E-state index contributed by atoms with van der Waals surface area (Å²) in [7, 11) is 0. The maximum atomic E-state index is 11.7. The summed E-state index contributed by atoms with van der Waals surface area (Å²) in [5.74, 6) is 3.28. The van der Waals surface area contributed by atoms with Crippen molar-refractivity contribution in [3.63, 3.8) is 0 Å². The molecule has 42 heavy (non-hydrogen) atoms. The number of ether oxygens (including phenoxy) is 3. The van der Waals surface area contributed by atoms with Crippen LogP contribution in [0.25, 0.3) is 0 Å². The van der Waals surface area contributed by atoms with E-state index in [4.69, 9.17) is 19.2 Å². The van der Waals surface area contributed by atoms with Gasteiger partial charge >= 0.3 is 5.97 Å². The number of nitrogens with zero attached hydrogens (tertiary/aromatic N) is 4. The van der Waals surface area contributed by atoms with E-state index in [1.165, 1.54) is 0 Å². The van der Waals surface area contributed by atoms with E-state index in [2.05, 4.69) is 20.2 Å². The lowest BCUT2D eigenvalue weighted by Crippen LogP contribution is -2.41. The Morgan fingerprint density at radius 1 is 1.02 bits per heavy atom. The lowest BCUT2D eigenvalue weighted by molar-refractivity contribution is -0.142. The van der Waals surface area contributed by atoms with Crippen LogP contribution in [-0.4, -0.2) is 51.8 Å². The van der Waals surface area contributed by atoms with Crippen molar-refractivity contribution in [3.05, 3.63) is 84.7 Å². The minimum atomic E-state index is -1.05. The minimum absolute atomic E-state index is 0.00570. The quantitative estimate of drug-likeness (QED) is 0.216. The van der Waals surface area contributed by atoms with Crippen molar-refractivity contribution < 1.29 is 24.1 Å². The molecular weight excluding hydrogens is 534 g/mol. The van der Waals surface area contributed by atoms with E-state index >= 15 is 0 Å². The summed E-state index contributed by atoms with van der Waals surface area (Å²) >= 11 is 0. The predicted molar refractivity (Wildman–Crippen MR) is 160 cm³/mol. The molecule has 1 aliphatic heterocycles. The van der Waals surface area contributed by atoms with Crippen molar-refractivity contribution in [2.75, 3.05) is 29.9 Å². The van der Waals surface area contributed by atoms with Gasteiger partial charge in [-0.25, -0.2) is 4.98 Å². The average Bonchev–Trinajstić information content (AvgIpc) is 2.99. The molecule has 4 aromatic rings. The summed E-state index contributed by atoms with van der Waals surface area (Å²) in [6.07, 6.45) is 5.29. The Balaban J connectivity index is 1.25. The molecule has 1 atom stereocenters.